The molecule has 1 saturated heterocycles. The Balaban J connectivity index is 2.46. The molecule has 0 aromatic heterocycles. The van der Waals surface area contributed by atoms with Crippen LogP contribution in [0, 0.1) is 5.92 Å². The molecule has 82 valence electrons. The monoisotopic (exact) mass is 201 g/mol. The number of hydrogen-bond donors (Lipinski definition) is 1. The molecule has 14 heavy (non-hydrogen) atoms. The van der Waals surface area contributed by atoms with Crippen LogP contribution >= 0.6 is 0 Å². The van der Waals surface area contributed by atoms with Gasteiger partial charge in [-0.2, -0.15) is 5.48 Å². The number of hydroxylamine groups is 1. The molecule has 0 amide bonds. The number of rotatable bonds is 2. The normalized spacial score (nSPS) is 31.1. The Morgan fingerprint density at radius 3 is 2.79 bits per heavy atom. The number of ether oxygens (including phenoxy) is 1. The van der Waals surface area contributed by atoms with E-state index in [1.54, 1.807) is 0 Å². The summed E-state index contributed by atoms with van der Waals surface area (Å²) in [5.41, 5.74) is 2.78. The van der Waals surface area contributed by atoms with E-state index in [-0.39, 0.29) is 17.6 Å². The summed E-state index contributed by atoms with van der Waals surface area (Å²) < 4.78 is 4.62. The van der Waals surface area contributed by atoms with Gasteiger partial charge in [0, 0.05) is 6.04 Å². The van der Waals surface area contributed by atoms with Crippen LogP contribution < -0.4 is 5.48 Å². The first-order chi connectivity index (χ1) is 6.44. The summed E-state index contributed by atoms with van der Waals surface area (Å²) in [5, 5.41) is 0. The number of nitrogens with one attached hydrogen (secondary N) is 1. The molecule has 0 aromatic carbocycles. The lowest BCUT2D eigenvalue weighted by Crippen LogP contribution is -2.50. The fourth-order valence-corrected chi connectivity index (χ4v) is 1.82. The Hall–Kier alpha value is -0.610. The highest BCUT2D eigenvalue weighted by atomic mass is 16.7. The maximum atomic E-state index is 11.1. The standard InChI is InChI=1S/C10H19NO3/c1-7-6-10(2,3)14-11-8(7)5-9(12)13-4/h7-8,11H,5-6H2,1-4H3/t7-,8+/m1/s1. The summed E-state index contributed by atoms with van der Waals surface area (Å²) in [4.78, 5) is 16.5. The smallest absolute Gasteiger partial charge is 0.307 e. The predicted molar refractivity (Wildman–Crippen MR) is 52.5 cm³/mol. The Kier molecular flexibility index (Phi) is 3.50. The van der Waals surface area contributed by atoms with E-state index in [0.717, 1.165) is 6.42 Å². The average Bonchev–Trinajstić information content (AvgIpc) is 2.09. The molecule has 1 rings (SSSR count). The molecule has 4 heteroatoms. The first-order valence-electron chi connectivity index (χ1n) is 4.95. The van der Waals surface area contributed by atoms with E-state index in [1.165, 1.54) is 7.11 Å². The summed E-state index contributed by atoms with van der Waals surface area (Å²) in [6.45, 7) is 6.18. The lowest BCUT2D eigenvalue weighted by molar-refractivity contribution is -0.163. The molecule has 1 aliphatic heterocycles. The zero-order valence-corrected chi connectivity index (χ0v) is 9.29. The van der Waals surface area contributed by atoms with Gasteiger partial charge in [-0.1, -0.05) is 6.92 Å². The van der Waals surface area contributed by atoms with E-state index in [0.29, 0.717) is 12.3 Å². The Labute approximate surface area is 84.9 Å². The SMILES string of the molecule is COC(=O)C[C@@H]1NOC(C)(C)C[C@H]1C. The minimum atomic E-state index is -0.197. The third-order valence-electron chi connectivity index (χ3n) is 2.60. The zero-order valence-electron chi connectivity index (χ0n) is 9.29. The summed E-state index contributed by atoms with van der Waals surface area (Å²) in [6.07, 6.45) is 1.31. The van der Waals surface area contributed by atoms with Crippen LogP contribution in [-0.4, -0.2) is 24.7 Å². The molecule has 0 spiro atoms. The number of carbonyl (C=O) groups excluding carboxylic acids is 1. The maximum absolute atomic E-state index is 11.1. The second kappa shape index (κ2) is 4.28. The van der Waals surface area contributed by atoms with Crippen molar-refractivity contribution in [3.63, 3.8) is 0 Å². The summed E-state index contributed by atoms with van der Waals surface area (Å²) in [5.74, 6) is 0.218. The van der Waals surface area contributed by atoms with E-state index in [4.69, 9.17) is 4.84 Å². The zero-order chi connectivity index (χ0) is 10.8. The van der Waals surface area contributed by atoms with Crippen LogP contribution in [0.2, 0.25) is 0 Å². The summed E-state index contributed by atoms with van der Waals surface area (Å²) >= 11 is 0. The van der Waals surface area contributed by atoms with Crippen molar-refractivity contribution in [1.82, 2.24) is 5.48 Å². The van der Waals surface area contributed by atoms with Crippen molar-refractivity contribution < 1.29 is 14.4 Å². The third-order valence-corrected chi connectivity index (χ3v) is 2.60. The summed E-state index contributed by atoms with van der Waals surface area (Å²) in [7, 11) is 1.40. The molecule has 0 radical (unpaired) electrons. The third kappa shape index (κ3) is 2.96. The lowest BCUT2D eigenvalue weighted by atomic mass is 9.87. The first-order valence-corrected chi connectivity index (χ1v) is 4.95. The van der Waals surface area contributed by atoms with E-state index < -0.39 is 0 Å². The number of carbonyl (C=O) groups is 1. The van der Waals surface area contributed by atoms with Crippen LogP contribution in [0.5, 0.6) is 0 Å². The second-order valence-corrected chi connectivity index (χ2v) is 4.55. The van der Waals surface area contributed by atoms with E-state index in [2.05, 4.69) is 17.1 Å². The molecular formula is C10H19NO3. The van der Waals surface area contributed by atoms with Crippen molar-refractivity contribution in [1.29, 1.82) is 0 Å². The van der Waals surface area contributed by atoms with Gasteiger partial charge in [-0.15, -0.1) is 0 Å². The van der Waals surface area contributed by atoms with Crippen LogP contribution in [0.3, 0.4) is 0 Å². The van der Waals surface area contributed by atoms with Crippen LogP contribution in [0.1, 0.15) is 33.6 Å². The molecule has 0 unspecified atom stereocenters. The Bertz CT molecular complexity index is 215. The van der Waals surface area contributed by atoms with Crippen LogP contribution in [-0.2, 0) is 14.4 Å². The molecule has 1 N–H and O–H groups in total. The molecule has 0 bridgehead atoms. The Morgan fingerprint density at radius 1 is 1.64 bits per heavy atom. The molecule has 2 atom stereocenters. The van der Waals surface area contributed by atoms with Crippen molar-refractivity contribution in [2.45, 2.75) is 45.3 Å². The van der Waals surface area contributed by atoms with Gasteiger partial charge >= 0.3 is 5.97 Å². The molecule has 1 fully saturated rings. The number of esters is 1. The minimum absolute atomic E-state index is 0.0653. The fourth-order valence-electron chi connectivity index (χ4n) is 1.82. The van der Waals surface area contributed by atoms with Gasteiger partial charge in [-0.05, 0) is 26.2 Å². The predicted octanol–water partition coefficient (Wildman–Crippen LogP) is 1.26. The van der Waals surface area contributed by atoms with E-state index >= 15 is 0 Å². The van der Waals surface area contributed by atoms with Crippen molar-refractivity contribution in [2.24, 2.45) is 5.92 Å². The molecule has 0 aliphatic carbocycles. The van der Waals surface area contributed by atoms with Crippen LogP contribution in [0.25, 0.3) is 0 Å². The molecular weight excluding hydrogens is 182 g/mol. The van der Waals surface area contributed by atoms with Crippen LogP contribution in [0.15, 0.2) is 0 Å². The van der Waals surface area contributed by atoms with Gasteiger partial charge in [0.1, 0.15) is 0 Å². The molecule has 4 nitrogen and oxygen atoms in total. The van der Waals surface area contributed by atoms with Gasteiger partial charge in [-0.3, -0.25) is 9.63 Å². The second-order valence-electron chi connectivity index (χ2n) is 4.55. The highest BCUT2D eigenvalue weighted by Gasteiger charge is 2.34. The molecule has 1 aliphatic rings. The van der Waals surface area contributed by atoms with Gasteiger partial charge in [0.15, 0.2) is 0 Å². The minimum Gasteiger partial charge on any atom is -0.469 e. The van der Waals surface area contributed by atoms with Gasteiger partial charge in [0.2, 0.25) is 0 Å². The van der Waals surface area contributed by atoms with Crippen molar-refractivity contribution in [3.8, 4) is 0 Å². The van der Waals surface area contributed by atoms with Crippen molar-refractivity contribution in [3.05, 3.63) is 0 Å². The van der Waals surface area contributed by atoms with Crippen molar-refractivity contribution in [2.75, 3.05) is 7.11 Å². The van der Waals surface area contributed by atoms with Crippen LogP contribution in [0.4, 0.5) is 0 Å². The lowest BCUT2D eigenvalue weighted by Gasteiger charge is -2.39. The van der Waals surface area contributed by atoms with Gasteiger partial charge < -0.3 is 4.74 Å². The topological polar surface area (TPSA) is 47.6 Å². The number of methoxy groups -OCH3 is 1. The van der Waals surface area contributed by atoms with Gasteiger partial charge in [0.25, 0.3) is 0 Å². The largest absolute Gasteiger partial charge is 0.469 e. The van der Waals surface area contributed by atoms with Crippen molar-refractivity contribution >= 4 is 5.97 Å². The highest BCUT2D eigenvalue weighted by molar-refractivity contribution is 5.69. The highest BCUT2D eigenvalue weighted by Crippen LogP contribution is 2.28. The Morgan fingerprint density at radius 2 is 2.29 bits per heavy atom. The molecule has 1 heterocycles. The fraction of sp³-hybridized carbons (Fsp3) is 0.900. The molecule has 0 aromatic rings. The number of hydrogen-bond acceptors (Lipinski definition) is 4. The molecule has 0 saturated carbocycles. The van der Waals surface area contributed by atoms with Gasteiger partial charge in [-0.25, -0.2) is 0 Å². The van der Waals surface area contributed by atoms with E-state index in [9.17, 15) is 4.79 Å². The maximum Gasteiger partial charge on any atom is 0.307 e. The quantitative estimate of drug-likeness (QED) is 0.683. The van der Waals surface area contributed by atoms with Gasteiger partial charge in [0.05, 0.1) is 19.1 Å². The summed E-state index contributed by atoms with van der Waals surface area (Å²) in [6, 6.07) is 0.0653. The first kappa shape index (κ1) is 11.5. The average molecular weight is 201 g/mol. The van der Waals surface area contributed by atoms with E-state index in [1.807, 2.05) is 13.8 Å².